The van der Waals surface area contributed by atoms with Gasteiger partial charge in [-0.15, -0.1) is 11.8 Å². The molecule has 0 spiro atoms. The van der Waals surface area contributed by atoms with Gasteiger partial charge in [-0.2, -0.15) is 5.10 Å². The number of hydrogen-bond donors (Lipinski definition) is 1. The standard InChI is InChI=1S/C22H25N3OS/c1-13(2)22(26)25-20(16-7-5-14(3)6-8-16)11-19(24-25)18-12-23-21-17(15(18)4)9-10-27-21/h5-10,12-13,20-21,23H,11H2,1-4H3. The number of fused-ring (bicyclic) bond motifs is 1. The van der Waals surface area contributed by atoms with E-state index in [1.807, 2.05) is 13.8 Å². The normalized spacial score (nSPS) is 24.1. The number of nitrogens with one attached hydrogen (secondary N) is 1. The maximum absolute atomic E-state index is 12.8. The fourth-order valence-electron chi connectivity index (χ4n) is 3.71. The highest BCUT2D eigenvalue weighted by Crippen LogP contribution is 2.39. The number of benzene rings is 1. The van der Waals surface area contributed by atoms with Crippen LogP contribution in [0.5, 0.6) is 0 Å². The van der Waals surface area contributed by atoms with E-state index in [2.05, 4.69) is 61.1 Å². The molecule has 3 heterocycles. The summed E-state index contributed by atoms with van der Waals surface area (Å²) < 4.78 is 0. The third-order valence-electron chi connectivity index (χ3n) is 5.36. The molecular formula is C22H25N3OS. The molecule has 4 rings (SSSR count). The van der Waals surface area contributed by atoms with E-state index in [-0.39, 0.29) is 17.9 Å². The first kappa shape index (κ1) is 18.1. The van der Waals surface area contributed by atoms with Gasteiger partial charge in [0.05, 0.1) is 11.8 Å². The highest BCUT2D eigenvalue weighted by atomic mass is 32.2. The molecular weight excluding hydrogens is 354 g/mol. The Morgan fingerprint density at radius 3 is 2.70 bits per heavy atom. The second kappa shape index (κ2) is 7.04. The monoisotopic (exact) mass is 379 g/mol. The summed E-state index contributed by atoms with van der Waals surface area (Å²) in [5.41, 5.74) is 7.01. The summed E-state index contributed by atoms with van der Waals surface area (Å²) in [5.74, 6) is -0.0167. The van der Waals surface area contributed by atoms with Crippen molar-refractivity contribution in [3.05, 3.63) is 69.8 Å². The van der Waals surface area contributed by atoms with Crippen LogP contribution in [0.15, 0.2) is 63.8 Å². The number of hydrazone groups is 1. The van der Waals surface area contributed by atoms with Crippen LogP contribution in [0.2, 0.25) is 0 Å². The van der Waals surface area contributed by atoms with Crippen molar-refractivity contribution in [1.29, 1.82) is 0 Å². The van der Waals surface area contributed by atoms with Gasteiger partial charge in [0, 0.05) is 24.1 Å². The number of hydrogen-bond acceptors (Lipinski definition) is 4. The minimum absolute atomic E-state index is 0.0413. The molecule has 0 saturated heterocycles. The van der Waals surface area contributed by atoms with Gasteiger partial charge >= 0.3 is 0 Å². The lowest BCUT2D eigenvalue weighted by Crippen LogP contribution is -2.30. The number of aryl methyl sites for hydroxylation is 1. The van der Waals surface area contributed by atoms with Crippen LogP contribution in [0.4, 0.5) is 0 Å². The van der Waals surface area contributed by atoms with Crippen molar-refractivity contribution >= 4 is 23.4 Å². The maximum Gasteiger partial charge on any atom is 0.245 e. The topological polar surface area (TPSA) is 44.7 Å². The molecule has 2 unspecified atom stereocenters. The minimum atomic E-state index is -0.0856. The smallest absolute Gasteiger partial charge is 0.245 e. The van der Waals surface area contributed by atoms with Crippen molar-refractivity contribution in [2.24, 2.45) is 11.0 Å². The van der Waals surface area contributed by atoms with E-state index >= 15 is 0 Å². The Morgan fingerprint density at radius 1 is 1.26 bits per heavy atom. The van der Waals surface area contributed by atoms with Crippen LogP contribution >= 0.6 is 11.8 Å². The van der Waals surface area contributed by atoms with Crippen LogP contribution in [0.3, 0.4) is 0 Å². The number of carbonyl (C=O) groups excluding carboxylic acids is 1. The van der Waals surface area contributed by atoms with Gasteiger partial charge < -0.3 is 5.32 Å². The number of allylic oxidation sites excluding steroid dienone is 2. The predicted octanol–water partition coefficient (Wildman–Crippen LogP) is 4.67. The van der Waals surface area contributed by atoms with Crippen molar-refractivity contribution in [2.75, 3.05) is 0 Å². The fourth-order valence-corrected chi connectivity index (χ4v) is 4.65. The summed E-state index contributed by atoms with van der Waals surface area (Å²) in [6.07, 6.45) is 4.98. The number of amides is 1. The summed E-state index contributed by atoms with van der Waals surface area (Å²) in [4.78, 5) is 12.8. The van der Waals surface area contributed by atoms with Crippen LogP contribution in [0.25, 0.3) is 0 Å². The molecule has 27 heavy (non-hydrogen) atoms. The molecule has 0 aromatic heterocycles. The molecule has 3 aliphatic rings. The van der Waals surface area contributed by atoms with E-state index in [9.17, 15) is 4.79 Å². The Morgan fingerprint density at radius 2 is 2.00 bits per heavy atom. The van der Waals surface area contributed by atoms with Gasteiger partial charge in [-0.25, -0.2) is 5.01 Å². The van der Waals surface area contributed by atoms with E-state index in [1.54, 1.807) is 16.8 Å². The number of dihydropyridines is 1. The van der Waals surface area contributed by atoms with E-state index in [0.717, 1.165) is 23.3 Å². The SMILES string of the molecule is CC1=C2C=CSC2NC=C1C1=NN(C(=O)C(C)C)C(c2ccc(C)cc2)C1. The van der Waals surface area contributed by atoms with Gasteiger partial charge in [0.1, 0.15) is 5.37 Å². The molecule has 0 fully saturated rings. The average molecular weight is 380 g/mol. The lowest BCUT2D eigenvalue weighted by Gasteiger charge is -2.24. The fraction of sp³-hybridized carbons (Fsp3) is 0.364. The van der Waals surface area contributed by atoms with Crippen molar-refractivity contribution < 1.29 is 4.79 Å². The van der Waals surface area contributed by atoms with Gasteiger partial charge in [0.2, 0.25) is 5.91 Å². The van der Waals surface area contributed by atoms with Crippen molar-refractivity contribution in [2.45, 2.75) is 45.5 Å². The third-order valence-corrected chi connectivity index (χ3v) is 6.32. The highest BCUT2D eigenvalue weighted by molar-refractivity contribution is 8.03. The van der Waals surface area contributed by atoms with Crippen LogP contribution in [-0.4, -0.2) is 22.0 Å². The maximum atomic E-state index is 12.8. The predicted molar refractivity (Wildman–Crippen MR) is 112 cm³/mol. The molecule has 5 heteroatoms. The van der Waals surface area contributed by atoms with Crippen LogP contribution < -0.4 is 5.32 Å². The summed E-state index contributed by atoms with van der Waals surface area (Å²) in [5, 5.41) is 12.4. The quantitative estimate of drug-likeness (QED) is 0.830. The molecule has 1 aromatic rings. The highest BCUT2D eigenvalue weighted by Gasteiger charge is 2.36. The Bertz CT molecular complexity index is 893. The Balaban J connectivity index is 1.69. The molecule has 4 nitrogen and oxygen atoms in total. The van der Waals surface area contributed by atoms with E-state index < -0.39 is 0 Å². The Labute approximate surface area is 165 Å². The molecule has 0 bridgehead atoms. The third kappa shape index (κ3) is 3.25. The second-order valence-corrected chi connectivity index (χ2v) is 8.65. The summed E-state index contributed by atoms with van der Waals surface area (Å²) in [7, 11) is 0. The first-order valence-corrected chi connectivity index (χ1v) is 10.4. The average Bonchev–Trinajstić information content (AvgIpc) is 3.29. The molecule has 1 N–H and O–H groups in total. The van der Waals surface area contributed by atoms with Crippen LogP contribution in [-0.2, 0) is 4.79 Å². The Hall–Kier alpha value is -2.27. The van der Waals surface area contributed by atoms with Gasteiger partial charge in [0.15, 0.2) is 0 Å². The lowest BCUT2D eigenvalue weighted by atomic mass is 9.91. The molecule has 140 valence electrons. The van der Waals surface area contributed by atoms with Gasteiger partial charge in [0.25, 0.3) is 0 Å². The van der Waals surface area contributed by atoms with Crippen molar-refractivity contribution in [3.63, 3.8) is 0 Å². The molecule has 0 radical (unpaired) electrons. The molecule has 2 atom stereocenters. The summed E-state index contributed by atoms with van der Waals surface area (Å²) in [6.45, 7) is 8.10. The first-order chi connectivity index (χ1) is 13.0. The minimum Gasteiger partial charge on any atom is -0.375 e. The largest absolute Gasteiger partial charge is 0.375 e. The zero-order chi connectivity index (χ0) is 19.1. The molecule has 1 aromatic carbocycles. The number of nitrogens with zero attached hydrogens (tertiary/aromatic N) is 2. The zero-order valence-electron chi connectivity index (χ0n) is 16.2. The lowest BCUT2D eigenvalue weighted by molar-refractivity contribution is -0.136. The number of rotatable bonds is 3. The van der Waals surface area contributed by atoms with Gasteiger partial charge in [-0.1, -0.05) is 43.7 Å². The molecule has 1 amide bonds. The first-order valence-electron chi connectivity index (χ1n) is 9.42. The van der Waals surface area contributed by atoms with E-state index in [0.29, 0.717) is 5.37 Å². The zero-order valence-corrected chi connectivity index (χ0v) is 17.0. The van der Waals surface area contributed by atoms with Crippen molar-refractivity contribution in [1.82, 2.24) is 10.3 Å². The molecule has 0 saturated carbocycles. The number of thioether (sulfide) groups is 1. The van der Waals surface area contributed by atoms with Crippen molar-refractivity contribution in [3.8, 4) is 0 Å². The summed E-state index contributed by atoms with van der Waals surface area (Å²) >= 11 is 1.78. The molecule has 0 aliphatic carbocycles. The van der Waals surface area contributed by atoms with Crippen LogP contribution in [0, 0.1) is 12.8 Å². The van der Waals surface area contributed by atoms with E-state index in [1.165, 1.54) is 16.7 Å². The van der Waals surface area contributed by atoms with Gasteiger partial charge in [-0.3, -0.25) is 4.79 Å². The molecule has 3 aliphatic heterocycles. The van der Waals surface area contributed by atoms with E-state index in [4.69, 9.17) is 5.10 Å². The second-order valence-electron chi connectivity index (χ2n) is 7.64. The number of carbonyl (C=O) groups is 1. The van der Waals surface area contributed by atoms with Gasteiger partial charge in [-0.05, 0) is 42.0 Å². The summed E-state index contributed by atoms with van der Waals surface area (Å²) in [6, 6.07) is 8.39. The Kier molecular flexibility index (Phi) is 4.72. The van der Waals surface area contributed by atoms with Crippen LogP contribution in [0.1, 0.15) is 44.4 Å².